The van der Waals surface area contributed by atoms with Crippen molar-refractivity contribution in [3.05, 3.63) is 101 Å². The Morgan fingerprint density at radius 3 is 1.69 bits per heavy atom. The molecule has 3 aromatic carbocycles. The summed E-state index contributed by atoms with van der Waals surface area (Å²) in [6.07, 6.45) is 0. The van der Waals surface area contributed by atoms with Gasteiger partial charge in [-0.3, -0.25) is 0 Å². The van der Waals surface area contributed by atoms with Gasteiger partial charge in [0.2, 0.25) is 0 Å². The summed E-state index contributed by atoms with van der Waals surface area (Å²) in [6.45, 7) is 13.2. The Labute approximate surface area is 206 Å². The summed E-state index contributed by atoms with van der Waals surface area (Å²) in [6, 6.07) is 24.7. The van der Waals surface area contributed by atoms with Crippen molar-refractivity contribution >= 4 is 16.5 Å². The highest BCUT2D eigenvalue weighted by molar-refractivity contribution is 5.90. The van der Waals surface area contributed by atoms with E-state index in [0.717, 1.165) is 22.2 Å². The first kappa shape index (κ1) is 21.8. The maximum absolute atomic E-state index is 13.2. The fourth-order valence-electron chi connectivity index (χ4n) is 5.79. The minimum absolute atomic E-state index is 0.0721. The molecule has 0 atom stereocenters. The zero-order valence-corrected chi connectivity index (χ0v) is 21.1. The van der Waals surface area contributed by atoms with Crippen molar-refractivity contribution in [2.45, 2.75) is 47.1 Å². The largest absolute Gasteiger partial charge is 0.854 e. The number of benzene rings is 3. The normalized spacial score (nSPS) is 18.9. The second kappa shape index (κ2) is 6.94. The fourth-order valence-corrected chi connectivity index (χ4v) is 5.79. The molecule has 6 rings (SSSR count). The summed E-state index contributed by atoms with van der Waals surface area (Å²) < 4.78 is 8.92. The Balaban J connectivity index is 1.79. The van der Waals surface area contributed by atoms with Crippen molar-refractivity contribution in [1.82, 2.24) is 5.10 Å². The average molecular weight is 463 g/mol. The molecule has 1 fully saturated rings. The highest BCUT2D eigenvalue weighted by atomic mass is 16.5. The van der Waals surface area contributed by atoms with E-state index in [1.807, 2.05) is 24.3 Å². The van der Waals surface area contributed by atoms with E-state index in [1.54, 1.807) is 4.68 Å². The number of ether oxygens (including phenoxy) is 1. The molecule has 0 bridgehead atoms. The quantitative estimate of drug-likeness (QED) is 0.352. The molecular weight excluding hydrogens is 432 g/mol. The Morgan fingerprint density at radius 2 is 1.20 bits per heavy atom. The Morgan fingerprint density at radius 1 is 0.714 bits per heavy atom. The second-order valence-corrected chi connectivity index (χ2v) is 11.1. The van der Waals surface area contributed by atoms with Gasteiger partial charge in [-0.1, -0.05) is 106 Å². The van der Waals surface area contributed by atoms with Crippen molar-refractivity contribution in [1.29, 1.82) is 0 Å². The number of hydrogen-bond donors (Lipinski definition) is 0. The third kappa shape index (κ3) is 2.80. The van der Waals surface area contributed by atoms with E-state index in [4.69, 9.17) is 4.74 Å². The first-order valence-corrected chi connectivity index (χ1v) is 12.2. The molecule has 1 aromatic heterocycles. The van der Waals surface area contributed by atoms with Crippen molar-refractivity contribution in [2.75, 3.05) is 0 Å². The first-order chi connectivity index (χ1) is 16.6. The number of nitrogens with zero attached hydrogens (tertiary/aromatic N) is 2. The van der Waals surface area contributed by atoms with E-state index in [1.165, 1.54) is 16.7 Å². The Bertz CT molecular complexity index is 1470. The van der Waals surface area contributed by atoms with E-state index >= 15 is 0 Å². The number of hydrogen-bond acceptors (Lipinski definition) is 3. The van der Waals surface area contributed by atoms with Gasteiger partial charge in [-0.25, -0.2) is 0 Å². The summed E-state index contributed by atoms with van der Waals surface area (Å²) in [4.78, 5) is 0. The van der Waals surface area contributed by atoms with E-state index in [9.17, 15) is 5.11 Å². The Kier molecular flexibility index (Phi) is 4.33. The fraction of sp³-hybridized carbons (Fsp3) is 0.290. The van der Waals surface area contributed by atoms with Gasteiger partial charge in [0.1, 0.15) is 0 Å². The molecule has 0 spiro atoms. The number of allylic oxidation sites excluding steroid dienone is 1. The van der Waals surface area contributed by atoms with Crippen molar-refractivity contribution in [2.24, 2.45) is 10.8 Å². The molecule has 0 N–H and O–H groups in total. The molecular formula is C31H30N2O2. The van der Waals surface area contributed by atoms with Crippen LogP contribution in [0.15, 0.2) is 78.4 Å². The highest BCUT2D eigenvalue weighted by Gasteiger charge is 2.70. The zero-order valence-electron chi connectivity index (χ0n) is 21.1. The van der Waals surface area contributed by atoms with Crippen LogP contribution in [-0.4, -0.2) is 5.10 Å². The maximum atomic E-state index is 13.2. The Hall–Kier alpha value is -3.66. The average Bonchev–Trinajstić information content (AvgIpc) is 3.07. The van der Waals surface area contributed by atoms with Crippen LogP contribution in [0, 0.1) is 24.7 Å². The van der Waals surface area contributed by atoms with Gasteiger partial charge in [-0.15, -0.1) is 0 Å². The molecule has 1 aliphatic carbocycles. The molecule has 4 aromatic rings. The molecule has 2 heterocycles. The second-order valence-electron chi connectivity index (χ2n) is 11.1. The number of fused-ring (bicyclic) bond motifs is 3. The van der Waals surface area contributed by atoms with E-state index in [0.29, 0.717) is 11.3 Å². The lowest BCUT2D eigenvalue weighted by molar-refractivity contribution is -0.644. The van der Waals surface area contributed by atoms with Crippen LogP contribution >= 0.6 is 0 Å². The van der Waals surface area contributed by atoms with Crippen LogP contribution < -0.4 is 14.5 Å². The molecule has 0 saturated heterocycles. The topological polar surface area (TPSA) is 49.1 Å². The molecule has 0 unspecified atom stereocenters. The van der Waals surface area contributed by atoms with Crippen molar-refractivity contribution in [3.8, 4) is 11.8 Å². The van der Waals surface area contributed by atoms with Crippen LogP contribution in [0.3, 0.4) is 0 Å². The molecule has 1 aliphatic heterocycles. The van der Waals surface area contributed by atoms with E-state index in [-0.39, 0.29) is 16.7 Å². The van der Waals surface area contributed by atoms with Gasteiger partial charge in [-0.2, -0.15) is 0 Å². The lowest BCUT2D eigenvalue weighted by atomic mass is 9.81. The molecule has 2 aliphatic rings. The molecule has 0 amide bonds. The van der Waals surface area contributed by atoms with Crippen LogP contribution in [-0.2, 0) is 5.60 Å². The molecule has 35 heavy (non-hydrogen) atoms. The standard InChI is InChI=1S/C31H30N2O2/c1-19-11-15-21(16-12-19)31(22-17-13-20(2)14-18-22)26(25-29(3,4)30(25,5)6)33-28(35-31)24-10-8-7-9-23(24)27(34)32-33/h7-18H,1-6H3. The summed E-state index contributed by atoms with van der Waals surface area (Å²) in [5, 5.41) is 19.2. The van der Waals surface area contributed by atoms with Gasteiger partial charge in [0.25, 0.3) is 11.3 Å². The molecule has 4 nitrogen and oxygen atoms in total. The number of aryl methyl sites for hydroxylation is 2. The van der Waals surface area contributed by atoms with Crippen LogP contribution in [0.4, 0.5) is 0 Å². The lowest BCUT2D eigenvalue weighted by Gasteiger charge is -2.27. The zero-order chi connectivity index (χ0) is 24.8. The van der Waals surface area contributed by atoms with Gasteiger partial charge in [-0.05, 0) is 29.7 Å². The number of rotatable bonds is 2. The minimum atomic E-state index is -0.932. The van der Waals surface area contributed by atoms with Gasteiger partial charge < -0.3 is 9.84 Å². The van der Waals surface area contributed by atoms with E-state index in [2.05, 4.69) is 95.2 Å². The van der Waals surface area contributed by atoms with Crippen LogP contribution in [0.1, 0.15) is 49.9 Å². The predicted octanol–water partition coefficient (Wildman–Crippen LogP) is 5.83. The molecule has 4 heteroatoms. The SMILES string of the molecule is Cc1ccc(C2(c3ccc(C)cc3)Oc3c4ccccc4c([O-])n[n+]3C2=C2C(C)(C)C2(C)C)cc1. The van der Waals surface area contributed by atoms with Crippen molar-refractivity contribution in [3.63, 3.8) is 0 Å². The lowest BCUT2D eigenvalue weighted by Crippen LogP contribution is -2.42. The monoisotopic (exact) mass is 462 g/mol. The van der Waals surface area contributed by atoms with E-state index < -0.39 is 5.60 Å². The summed E-state index contributed by atoms with van der Waals surface area (Å²) in [5.41, 5.74) is 5.54. The maximum Gasteiger partial charge on any atom is 0.409 e. The van der Waals surface area contributed by atoms with Gasteiger partial charge in [0.05, 0.1) is 11.3 Å². The highest BCUT2D eigenvalue weighted by Crippen LogP contribution is 2.71. The third-order valence-corrected chi connectivity index (χ3v) is 8.47. The van der Waals surface area contributed by atoms with Gasteiger partial charge >= 0.3 is 5.88 Å². The predicted molar refractivity (Wildman–Crippen MR) is 136 cm³/mol. The van der Waals surface area contributed by atoms with Crippen LogP contribution in [0.2, 0.25) is 0 Å². The van der Waals surface area contributed by atoms with Crippen LogP contribution in [0.25, 0.3) is 16.5 Å². The summed E-state index contributed by atoms with van der Waals surface area (Å²) in [5.74, 6) is 0.369. The van der Waals surface area contributed by atoms with Gasteiger partial charge in [0.15, 0.2) is 0 Å². The van der Waals surface area contributed by atoms with Gasteiger partial charge in [0, 0.05) is 32.9 Å². The summed E-state index contributed by atoms with van der Waals surface area (Å²) in [7, 11) is 0. The number of aromatic nitrogens is 2. The van der Waals surface area contributed by atoms with Crippen molar-refractivity contribution < 1.29 is 14.5 Å². The van der Waals surface area contributed by atoms with Crippen LogP contribution in [0.5, 0.6) is 11.8 Å². The minimum Gasteiger partial charge on any atom is -0.854 e. The first-order valence-electron chi connectivity index (χ1n) is 12.2. The molecule has 176 valence electrons. The molecule has 1 saturated carbocycles. The summed E-state index contributed by atoms with van der Waals surface area (Å²) >= 11 is 0. The molecule has 0 radical (unpaired) electrons. The third-order valence-electron chi connectivity index (χ3n) is 8.47. The smallest absolute Gasteiger partial charge is 0.409 e.